The van der Waals surface area contributed by atoms with E-state index in [0.717, 1.165) is 40.2 Å². The Kier molecular flexibility index (Phi) is 2.45. The van der Waals surface area contributed by atoms with Crippen LogP contribution in [-0.2, 0) is 12.2 Å². The van der Waals surface area contributed by atoms with Crippen LogP contribution >= 0.6 is 23.4 Å². The van der Waals surface area contributed by atoms with Crippen molar-refractivity contribution in [3.8, 4) is 0 Å². The van der Waals surface area contributed by atoms with Crippen molar-refractivity contribution in [3.63, 3.8) is 0 Å². The number of nitrogens with two attached hydrogens (primary N) is 1. The van der Waals surface area contributed by atoms with Crippen molar-refractivity contribution in [2.24, 2.45) is 0 Å². The third-order valence-corrected chi connectivity index (χ3v) is 4.13. The fourth-order valence-electron chi connectivity index (χ4n) is 2.06. The van der Waals surface area contributed by atoms with Gasteiger partial charge in [-0.25, -0.2) is 0 Å². The lowest BCUT2D eigenvalue weighted by atomic mass is 10.1. The standard InChI is InChI=1S/C12H11ClN2S/c13-7-1-2-10-8(5-7)12(14)9-6-16-4-3-11(9)15-10/h1-2,5H,3-4,6H2,(H2,14,15). The fraction of sp³-hybridized carbons (Fsp3) is 0.250. The maximum Gasteiger partial charge on any atom is 0.0727 e. The van der Waals surface area contributed by atoms with Gasteiger partial charge in [0.05, 0.1) is 5.52 Å². The summed E-state index contributed by atoms with van der Waals surface area (Å²) in [6.45, 7) is 0. The molecular formula is C12H11ClN2S. The van der Waals surface area contributed by atoms with Gasteiger partial charge in [0.15, 0.2) is 0 Å². The number of aromatic nitrogens is 1. The molecule has 0 fully saturated rings. The van der Waals surface area contributed by atoms with E-state index in [4.69, 9.17) is 17.3 Å². The number of hydrogen-bond acceptors (Lipinski definition) is 3. The molecule has 0 bridgehead atoms. The summed E-state index contributed by atoms with van der Waals surface area (Å²) < 4.78 is 0. The summed E-state index contributed by atoms with van der Waals surface area (Å²) in [5.41, 5.74) is 10.4. The highest BCUT2D eigenvalue weighted by Crippen LogP contribution is 2.33. The zero-order valence-corrected chi connectivity index (χ0v) is 10.2. The van der Waals surface area contributed by atoms with E-state index in [9.17, 15) is 0 Å². The summed E-state index contributed by atoms with van der Waals surface area (Å²) >= 11 is 7.90. The highest BCUT2D eigenvalue weighted by Gasteiger charge is 2.16. The topological polar surface area (TPSA) is 38.9 Å². The molecular weight excluding hydrogens is 240 g/mol. The van der Waals surface area contributed by atoms with Crippen LogP contribution in [0.5, 0.6) is 0 Å². The number of aryl methyl sites for hydroxylation is 1. The smallest absolute Gasteiger partial charge is 0.0727 e. The van der Waals surface area contributed by atoms with Gasteiger partial charge < -0.3 is 5.73 Å². The van der Waals surface area contributed by atoms with Crippen molar-refractivity contribution in [3.05, 3.63) is 34.5 Å². The first-order chi connectivity index (χ1) is 7.75. The first-order valence-electron chi connectivity index (χ1n) is 5.20. The molecule has 0 spiro atoms. The predicted molar refractivity (Wildman–Crippen MR) is 71.0 cm³/mol. The lowest BCUT2D eigenvalue weighted by Gasteiger charge is -2.18. The normalized spacial score (nSPS) is 15.1. The lowest BCUT2D eigenvalue weighted by molar-refractivity contribution is 1.01. The Labute approximate surface area is 103 Å². The van der Waals surface area contributed by atoms with Crippen molar-refractivity contribution in [2.75, 3.05) is 11.5 Å². The van der Waals surface area contributed by atoms with E-state index >= 15 is 0 Å². The highest BCUT2D eigenvalue weighted by molar-refractivity contribution is 7.98. The number of pyridine rings is 1. The van der Waals surface area contributed by atoms with E-state index in [2.05, 4.69) is 4.98 Å². The van der Waals surface area contributed by atoms with E-state index in [-0.39, 0.29) is 0 Å². The van der Waals surface area contributed by atoms with Crippen molar-refractivity contribution in [2.45, 2.75) is 12.2 Å². The molecule has 1 aliphatic rings. The van der Waals surface area contributed by atoms with Gasteiger partial charge in [0, 0.05) is 33.1 Å². The van der Waals surface area contributed by atoms with Crippen LogP contribution in [0.3, 0.4) is 0 Å². The van der Waals surface area contributed by atoms with Crippen molar-refractivity contribution in [1.82, 2.24) is 4.98 Å². The largest absolute Gasteiger partial charge is 0.398 e. The highest BCUT2D eigenvalue weighted by atomic mass is 35.5. The second-order valence-corrected chi connectivity index (χ2v) is 5.46. The van der Waals surface area contributed by atoms with Gasteiger partial charge in [-0.3, -0.25) is 4.98 Å². The molecule has 1 aromatic carbocycles. The monoisotopic (exact) mass is 250 g/mol. The minimum absolute atomic E-state index is 0.712. The molecule has 3 rings (SSSR count). The number of benzene rings is 1. The molecule has 0 amide bonds. The number of hydrogen-bond donors (Lipinski definition) is 1. The van der Waals surface area contributed by atoms with Crippen LogP contribution in [0.25, 0.3) is 10.9 Å². The van der Waals surface area contributed by atoms with Crippen molar-refractivity contribution >= 4 is 40.0 Å². The fourth-order valence-corrected chi connectivity index (χ4v) is 3.24. The van der Waals surface area contributed by atoms with Crippen LogP contribution in [0.2, 0.25) is 5.02 Å². The Balaban J connectivity index is 2.35. The Morgan fingerprint density at radius 2 is 2.25 bits per heavy atom. The van der Waals surface area contributed by atoms with Crippen molar-refractivity contribution < 1.29 is 0 Å². The van der Waals surface area contributed by atoms with E-state index in [1.165, 1.54) is 5.56 Å². The summed E-state index contributed by atoms with van der Waals surface area (Å²) in [5, 5.41) is 1.69. The summed E-state index contributed by atoms with van der Waals surface area (Å²) in [6, 6.07) is 5.70. The first-order valence-corrected chi connectivity index (χ1v) is 6.73. The maximum atomic E-state index is 6.20. The van der Waals surface area contributed by atoms with Crippen LogP contribution < -0.4 is 5.73 Å². The second-order valence-electron chi connectivity index (χ2n) is 3.91. The molecule has 0 radical (unpaired) electrons. The zero-order valence-electron chi connectivity index (χ0n) is 8.66. The molecule has 2 N–H and O–H groups in total. The Morgan fingerprint density at radius 3 is 3.12 bits per heavy atom. The van der Waals surface area contributed by atoms with Gasteiger partial charge in [0.25, 0.3) is 0 Å². The number of nitrogen functional groups attached to an aromatic ring is 1. The third kappa shape index (κ3) is 1.55. The molecule has 82 valence electrons. The van der Waals surface area contributed by atoms with Crippen molar-refractivity contribution in [1.29, 1.82) is 0 Å². The zero-order chi connectivity index (χ0) is 11.1. The number of rotatable bonds is 0. The molecule has 4 heteroatoms. The van der Waals surface area contributed by atoms with Crippen LogP contribution in [0.15, 0.2) is 18.2 Å². The predicted octanol–water partition coefficient (Wildman–Crippen LogP) is 3.26. The molecule has 2 aromatic rings. The summed E-state index contributed by atoms with van der Waals surface area (Å²) in [6.07, 6.45) is 1.02. The Hall–Kier alpha value is -0.930. The van der Waals surface area contributed by atoms with E-state index in [1.807, 2.05) is 30.0 Å². The number of anilines is 1. The van der Waals surface area contributed by atoms with Crippen LogP contribution in [0.1, 0.15) is 11.3 Å². The SMILES string of the molecule is Nc1c2c(nc3ccc(Cl)cc13)CCSC2. The first kappa shape index (κ1) is 10.2. The third-order valence-electron chi connectivity index (χ3n) is 2.91. The number of fused-ring (bicyclic) bond motifs is 2. The minimum atomic E-state index is 0.712. The molecule has 0 saturated heterocycles. The number of thioether (sulfide) groups is 1. The minimum Gasteiger partial charge on any atom is -0.398 e. The number of nitrogens with zero attached hydrogens (tertiary/aromatic N) is 1. The van der Waals surface area contributed by atoms with Gasteiger partial charge in [-0.2, -0.15) is 11.8 Å². The van der Waals surface area contributed by atoms with Crippen LogP contribution in [0, 0.1) is 0 Å². The van der Waals surface area contributed by atoms with Gasteiger partial charge in [-0.15, -0.1) is 0 Å². The van der Waals surface area contributed by atoms with E-state index in [0.29, 0.717) is 5.02 Å². The average molecular weight is 251 g/mol. The van der Waals surface area contributed by atoms with Gasteiger partial charge in [0.2, 0.25) is 0 Å². The molecule has 0 atom stereocenters. The number of halogens is 1. The summed E-state index contributed by atoms with van der Waals surface area (Å²) in [5.74, 6) is 2.11. The lowest BCUT2D eigenvalue weighted by Crippen LogP contribution is -2.09. The molecule has 2 nitrogen and oxygen atoms in total. The molecule has 2 heterocycles. The van der Waals surface area contributed by atoms with E-state index in [1.54, 1.807) is 0 Å². The summed E-state index contributed by atoms with van der Waals surface area (Å²) in [7, 11) is 0. The molecule has 0 unspecified atom stereocenters. The van der Waals surface area contributed by atoms with Gasteiger partial charge in [-0.05, 0) is 30.4 Å². The molecule has 16 heavy (non-hydrogen) atoms. The van der Waals surface area contributed by atoms with Crippen LogP contribution in [-0.4, -0.2) is 10.7 Å². The summed E-state index contributed by atoms with van der Waals surface area (Å²) in [4.78, 5) is 4.67. The molecule has 1 aliphatic heterocycles. The average Bonchev–Trinajstić information content (AvgIpc) is 2.31. The van der Waals surface area contributed by atoms with E-state index < -0.39 is 0 Å². The van der Waals surface area contributed by atoms with Gasteiger partial charge in [0.1, 0.15) is 0 Å². The second kappa shape index (κ2) is 3.82. The maximum absolute atomic E-state index is 6.20. The molecule has 1 aromatic heterocycles. The van der Waals surface area contributed by atoms with Crippen LogP contribution in [0.4, 0.5) is 5.69 Å². The molecule has 0 saturated carbocycles. The van der Waals surface area contributed by atoms with Gasteiger partial charge >= 0.3 is 0 Å². The Bertz CT molecular complexity index is 568. The van der Waals surface area contributed by atoms with Gasteiger partial charge in [-0.1, -0.05) is 11.6 Å². The Morgan fingerprint density at radius 1 is 1.38 bits per heavy atom. The quantitative estimate of drug-likeness (QED) is 0.780. The molecule has 0 aliphatic carbocycles.